The SMILES string of the molecule is Cc1ccc2c(c1)Oc1cc(C(=O)[NH+]=O)ccc1N2. The van der Waals surface area contributed by atoms with E-state index in [9.17, 15) is 9.70 Å². The van der Waals surface area contributed by atoms with Crippen LogP contribution < -0.4 is 15.2 Å². The van der Waals surface area contributed by atoms with Crippen LogP contribution >= 0.6 is 0 Å². The zero-order chi connectivity index (χ0) is 13.4. The maximum Gasteiger partial charge on any atom is 0.462 e. The highest BCUT2D eigenvalue weighted by atomic mass is 16.5. The molecule has 1 amide bonds. The number of carbonyl (C=O) groups is 1. The predicted molar refractivity (Wildman–Crippen MR) is 69.6 cm³/mol. The molecule has 0 fully saturated rings. The van der Waals surface area contributed by atoms with Crippen LogP contribution in [0.25, 0.3) is 0 Å². The highest BCUT2D eigenvalue weighted by molar-refractivity contribution is 5.89. The van der Waals surface area contributed by atoms with Crippen molar-refractivity contribution in [3.8, 4) is 11.5 Å². The lowest BCUT2D eigenvalue weighted by Gasteiger charge is -2.22. The number of nitroso groups, excluding NO2 is 1. The number of fused-ring (bicyclic) bond motifs is 2. The Hall–Kier alpha value is -2.69. The molecule has 0 unspecified atom stereocenters. The molecule has 5 heteroatoms. The summed E-state index contributed by atoms with van der Waals surface area (Å²) in [7, 11) is 0. The summed E-state index contributed by atoms with van der Waals surface area (Å²) < 4.78 is 5.75. The fourth-order valence-corrected chi connectivity index (χ4v) is 1.99. The van der Waals surface area contributed by atoms with E-state index in [1.165, 1.54) is 5.18 Å². The van der Waals surface area contributed by atoms with E-state index in [0.717, 1.165) is 16.9 Å². The molecule has 2 N–H and O–H groups in total. The van der Waals surface area contributed by atoms with Gasteiger partial charge in [-0.05, 0) is 36.8 Å². The van der Waals surface area contributed by atoms with Crippen molar-refractivity contribution in [1.29, 1.82) is 0 Å². The van der Waals surface area contributed by atoms with Crippen molar-refractivity contribution in [3.05, 3.63) is 52.4 Å². The lowest BCUT2D eigenvalue weighted by atomic mass is 10.1. The Labute approximate surface area is 109 Å². The first kappa shape index (κ1) is 11.4. The van der Waals surface area contributed by atoms with Gasteiger partial charge in [-0.1, -0.05) is 6.07 Å². The van der Waals surface area contributed by atoms with Crippen LogP contribution in [0.3, 0.4) is 0 Å². The van der Waals surface area contributed by atoms with Crippen LogP contribution in [0.4, 0.5) is 11.4 Å². The zero-order valence-corrected chi connectivity index (χ0v) is 10.2. The summed E-state index contributed by atoms with van der Waals surface area (Å²) in [6.07, 6.45) is 0. The quantitative estimate of drug-likeness (QED) is 0.696. The Kier molecular flexibility index (Phi) is 2.52. The number of amides is 1. The Balaban J connectivity index is 2.03. The molecular weight excluding hydrogens is 244 g/mol. The fraction of sp³-hybridized carbons (Fsp3) is 0.0714. The van der Waals surface area contributed by atoms with Gasteiger partial charge in [0.1, 0.15) is 0 Å². The van der Waals surface area contributed by atoms with E-state index in [-0.39, 0.29) is 5.56 Å². The minimum absolute atomic E-state index is 0.270. The standard InChI is InChI=1S/C14H10N2O3/c1-8-2-4-10-12(6-8)19-13-7-9(14(17)16-18)3-5-11(13)15-10/h2-7,15H,1H3/p+1. The van der Waals surface area contributed by atoms with Gasteiger partial charge in [-0.3, -0.25) is 0 Å². The van der Waals surface area contributed by atoms with Crippen molar-refractivity contribution in [1.82, 2.24) is 0 Å². The van der Waals surface area contributed by atoms with E-state index in [2.05, 4.69) is 5.32 Å². The number of nitrogens with one attached hydrogen (secondary N) is 2. The summed E-state index contributed by atoms with van der Waals surface area (Å²) in [5.41, 5.74) is 2.99. The Morgan fingerprint density at radius 2 is 1.79 bits per heavy atom. The molecule has 94 valence electrons. The normalized spacial score (nSPS) is 11.6. The topological polar surface area (TPSA) is 69.4 Å². The average Bonchev–Trinajstić information content (AvgIpc) is 2.43. The van der Waals surface area contributed by atoms with Gasteiger partial charge in [0.05, 0.1) is 22.1 Å². The van der Waals surface area contributed by atoms with Crippen LogP contribution in [0, 0.1) is 11.8 Å². The Morgan fingerprint density at radius 1 is 1.11 bits per heavy atom. The highest BCUT2D eigenvalue weighted by Gasteiger charge is 2.20. The molecule has 1 heterocycles. The molecular formula is C14H11N2O3+. The third-order valence-corrected chi connectivity index (χ3v) is 2.96. The molecule has 0 spiro atoms. The fourth-order valence-electron chi connectivity index (χ4n) is 1.99. The summed E-state index contributed by atoms with van der Waals surface area (Å²) in [5, 5.41) is 4.57. The number of benzene rings is 2. The lowest BCUT2D eigenvalue weighted by molar-refractivity contribution is -0.369. The molecule has 0 bridgehead atoms. The summed E-state index contributed by atoms with van der Waals surface area (Å²) in [4.78, 5) is 21.7. The molecule has 1 aliphatic heterocycles. The first-order valence-corrected chi connectivity index (χ1v) is 5.79. The number of anilines is 2. The van der Waals surface area contributed by atoms with Crippen molar-refractivity contribution < 1.29 is 14.7 Å². The molecule has 0 radical (unpaired) electrons. The van der Waals surface area contributed by atoms with Crippen LogP contribution in [0.5, 0.6) is 11.5 Å². The minimum atomic E-state index is -0.679. The van der Waals surface area contributed by atoms with Crippen molar-refractivity contribution in [2.45, 2.75) is 6.92 Å². The Morgan fingerprint density at radius 3 is 2.53 bits per heavy atom. The van der Waals surface area contributed by atoms with E-state index in [1.807, 2.05) is 25.1 Å². The van der Waals surface area contributed by atoms with Crippen molar-refractivity contribution in [2.24, 2.45) is 0 Å². The zero-order valence-electron chi connectivity index (χ0n) is 10.2. The molecule has 19 heavy (non-hydrogen) atoms. The van der Waals surface area contributed by atoms with Crippen LogP contribution in [-0.4, -0.2) is 5.91 Å². The smallest absolute Gasteiger partial charge is 0.453 e. The maximum atomic E-state index is 11.3. The van der Waals surface area contributed by atoms with Gasteiger partial charge in [-0.2, -0.15) is 0 Å². The molecule has 0 saturated heterocycles. The molecule has 2 aromatic carbocycles. The van der Waals surface area contributed by atoms with Gasteiger partial charge < -0.3 is 10.1 Å². The third kappa shape index (κ3) is 1.95. The molecule has 1 aliphatic rings. The minimum Gasteiger partial charge on any atom is -0.453 e. The second kappa shape index (κ2) is 4.20. The van der Waals surface area contributed by atoms with Crippen LogP contribution in [0.1, 0.15) is 15.9 Å². The molecule has 0 aromatic heterocycles. The van der Waals surface area contributed by atoms with Gasteiger partial charge >= 0.3 is 5.91 Å². The monoisotopic (exact) mass is 255 g/mol. The molecule has 2 aromatic rings. The molecule has 5 nitrogen and oxygen atoms in total. The van der Waals surface area contributed by atoms with Gasteiger partial charge in [-0.15, -0.1) is 0 Å². The van der Waals surface area contributed by atoms with Crippen LogP contribution in [-0.2, 0) is 0 Å². The van der Waals surface area contributed by atoms with E-state index in [1.54, 1.807) is 18.2 Å². The number of hydrogen-bond donors (Lipinski definition) is 2. The van der Waals surface area contributed by atoms with Crippen LogP contribution in [0.2, 0.25) is 0 Å². The molecule has 0 aliphatic carbocycles. The molecule has 3 rings (SSSR count). The van der Waals surface area contributed by atoms with E-state index in [0.29, 0.717) is 11.5 Å². The number of hydrogen-bond acceptors (Lipinski definition) is 4. The third-order valence-electron chi connectivity index (χ3n) is 2.96. The highest BCUT2D eigenvalue weighted by Crippen LogP contribution is 2.42. The first-order chi connectivity index (χ1) is 9.17. The first-order valence-electron chi connectivity index (χ1n) is 5.79. The summed E-state index contributed by atoms with van der Waals surface area (Å²) >= 11 is 0. The summed E-state index contributed by atoms with van der Waals surface area (Å²) in [5.74, 6) is 0.549. The van der Waals surface area contributed by atoms with E-state index >= 15 is 0 Å². The van der Waals surface area contributed by atoms with Crippen molar-refractivity contribution >= 4 is 17.3 Å². The summed E-state index contributed by atoms with van der Waals surface area (Å²) in [6, 6.07) is 10.7. The lowest BCUT2D eigenvalue weighted by Crippen LogP contribution is -2.69. The van der Waals surface area contributed by atoms with Gasteiger partial charge in [0, 0.05) is 11.0 Å². The Bertz CT molecular complexity index is 695. The number of aryl methyl sites for hydroxylation is 1. The van der Waals surface area contributed by atoms with Gasteiger partial charge in [0.25, 0.3) is 0 Å². The van der Waals surface area contributed by atoms with E-state index < -0.39 is 5.91 Å². The van der Waals surface area contributed by atoms with Gasteiger partial charge in [-0.25, -0.2) is 4.79 Å². The largest absolute Gasteiger partial charge is 0.462 e. The summed E-state index contributed by atoms with van der Waals surface area (Å²) in [6.45, 7) is 1.97. The van der Waals surface area contributed by atoms with Gasteiger partial charge in [0.2, 0.25) is 0 Å². The van der Waals surface area contributed by atoms with Gasteiger partial charge in [0.15, 0.2) is 11.5 Å². The second-order valence-corrected chi connectivity index (χ2v) is 4.37. The predicted octanol–water partition coefficient (Wildman–Crippen LogP) is 1.83. The number of rotatable bonds is 1. The molecule has 0 atom stereocenters. The number of ether oxygens (including phenoxy) is 1. The molecule has 0 saturated carbocycles. The van der Waals surface area contributed by atoms with Crippen LogP contribution in [0.15, 0.2) is 36.4 Å². The number of carbonyl (C=O) groups excluding carboxylic acids is 1. The second-order valence-electron chi connectivity index (χ2n) is 4.37. The average molecular weight is 255 g/mol. The van der Waals surface area contributed by atoms with E-state index in [4.69, 9.17) is 4.74 Å². The van der Waals surface area contributed by atoms with Crippen molar-refractivity contribution in [3.63, 3.8) is 0 Å². The van der Waals surface area contributed by atoms with Crippen molar-refractivity contribution in [2.75, 3.05) is 5.32 Å². The maximum absolute atomic E-state index is 11.3.